The minimum Gasteiger partial charge on any atom is -0.330 e. The third-order valence-corrected chi connectivity index (χ3v) is 2.75. The van der Waals surface area contributed by atoms with Crippen LogP contribution in [-0.2, 0) is 0 Å². The molecular formula is C10H23N. The fourth-order valence-electron chi connectivity index (χ4n) is 1.60. The van der Waals surface area contributed by atoms with Crippen LogP contribution < -0.4 is 5.73 Å². The molecule has 0 bridgehead atoms. The summed E-state index contributed by atoms with van der Waals surface area (Å²) in [6, 6.07) is 0. The fraction of sp³-hybridized carbons (Fsp3) is 1.00. The van der Waals surface area contributed by atoms with Crippen LogP contribution in [0.15, 0.2) is 0 Å². The van der Waals surface area contributed by atoms with E-state index >= 15 is 0 Å². The Hall–Kier alpha value is -0.0400. The number of rotatable bonds is 6. The van der Waals surface area contributed by atoms with Gasteiger partial charge in [-0.1, -0.05) is 33.6 Å². The molecule has 1 unspecified atom stereocenters. The molecule has 0 amide bonds. The van der Waals surface area contributed by atoms with Gasteiger partial charge in [0.2, 0.25) is 0 Å². The van der Waals surface area contributed by atoms with Crippen molar-refractivity contribution in [3.8, 4) is 0 Å². The normalized spacial score (nSPS) is 16.4. The van der Waals surface area contributed by atoms with Gasteiger partial charge < -0.3 is 5.73 Å². The molecule has 68 valence electrons. The van der Waals surface area contributed by atoms with Gasteiger partial charge in [0.25, 0.3) is 0 Å². The summed E-state index contributed by atoms with van der Waals surface area (Å²) in [5, 5.41) is 0. The fourth-order valence-corrected chi connectivity index (χ4v) is 1.60. The van der Waals surface area contributed by atoms with Crippen LogP contribution in [-0.4, -0.2) is 6.54 Å². The first-order valence-electron chi connectivity index (χ1n) is 4.96. The van der Waals surface area contributed by atoms with Gasteiger partial charge in [0, 0.05) is 0 Å². The van der Waals surface area contributed by atoms with Crippen LogP contribution in [0.2, 0.25) is 0 Å². The van der Waals surface area contributed by atoms with Crippen LogP contribution in [0, 0.1) is 11.8 Å². The predicted molar refractivity (Wildman–Crippen MR) is 51.5 cm³/mol. The van der Waals surface area contributed by atoms with Crippen molar-refractivity contribution in [3.05, 3.63) is 0 Å². The Kier molecular flexibility index (Phi) is 6.63. The van der Waals surface area contributed by atoms with Crippen molar-refractivity contribution in [1.29, 1.82) is 0 Å². The van der Waals surface area contributed by atoms with E-state index in [2.05, 4.69) is 20.8 Å². The van der Waals surface area contributed by atoms with Gasteiger partial charge in [0.1, 0.15) is 0 Å². The van der Waals surface area contributed by atoms with Gasteiger partial charge >= 0.3 is 0 Å². The van der Waals surface area contributed by atoms with Gasteiger partial charge in [-0.15, -0.1) is 0 Å². The van der Waals surface area contributed by atoms with Crippen LogP contribution in [0.3, 0.4) is 0 Å². The predicted octanol–water partition coefficient (Wildman–Crippen LogP) is 2.80. The molecule has 0 radical (unpaired) electrons. The molecule has 0 saturated carbocycles. The lowest BCUT2D eigenvalue weighted by molar-refractivity contribution is 0.312. The maximum atomic E-state index is 5.47. The highest BCUT2D eigenvalue weighted by atomic mass is 14.5. The number of hydrogen-bond acceptors (Lipinski definition) is 1. The van der Waals surface area contributed by atoms with Crippen molar-refractivity contribution in [2.75, 3.05) is 6.54 Å². The molecule has 2 atom stereocenters. The minimum absolute atomic E-state index is 0.854. The highest BCUT2D eigenvalue weighted by molar-refractivity contribution is 4.63. The van der Waals surface area contributed by atoms with E-state index in [0.717, 1.165) is 18.4 Å². The molecule has 0 fully saturated rings. The highest BCUT2D eigenvalue weighted by Gasteiger charge is 2.12. The first-order chi connectivity index (χ1) is 5.26. The molecule has 0 aromatic heterocycles. The van der Waals surface area contributed by atoms with Crippen molar-refractivity contribution in [3.63, 3.8) is 0 Å². The zero-order chi connectivity index (χ0) is 8.69. The molecule has 0 spiro atoms. The molecule has 0 rings (SSSR count). The lowest BCUT2D eigenvalue weighted by atomic mass is 9.86. The van der Waals surface area contributed by atoms with Gasteiger partial charge in [0.15, 0.2) is 0 Å². The lowest BCUT2D eigenvalue weighted by Crippen LogP contribution is -2.12. The lowest BCUT2D eigenvalue weighted by Gasteiger charge is -2.20. The zero-order valence-corrected chi connectivity index (χ0v) is 8.27. The van der Waals surface area contributed by atoms with Gasteiger partial charge in [0.05, 0.1) is 0 Å². The Labute approximate surface area is 71.4 Å². The number of hydrogen-bond donors (Lipinski definition) is 1. The van der Waals surface area contributed by atoms with E-state index in [9.17, 15) is 0 Å². The first-order valence-corrected chi connectivity index (χ1v) is 4.96. The Morgan fingerprint density at radius 2 is 1.82 bits per heavy atom. The second-order valence-electron chi connectivity index (χ2n) is 3.48. The van der Waals surface area contributed by atoms with Crippen LogP contribution in [0.5, 0.6) is 0 Å². The van der Waals surface area contributed by atoms with E-state index in [1.54, 1.807) is 0 Å². The van der Waals surface area contributed by atoms with Gasteiger partial charge in [-0.25, -0.2) is 0 Å². The summed E-state index contributed by atoms with van der Waals surface area (Å²) in [6.07, 6.45) is 5.14. The minimum atomic E-state index is 0.854. The number of nitrogens with two attached hydrogens (primary N) is 1. The topological polar surface area (TPSA) is 26.0 Å². The van der Waals surface area contributed by atoms with E-state index in [0.29, 0.717) is 0 Å². The average molecular weight is 157 g/mol. The van der Waals surface area contributed by atoms with Crippen LogP contribution in [0.1, 0.15) is 46.5 Å². The maximum absolute atomic E-state index is 5.47. The Morgan fingerprint density at radius 3 is 2.18 bits per heavy atom. The molecule has 0 aliphatic heterocycles. The summed E-state index contributed by atoms with van der Waals surface area (Å²) in [6.45, 7) is 7.76. The molecule has 1 heteroatoms. The molecule has 1 nitrogen and oxygen atoms in total. The standard InChI is InChI=1S/C10H23N/c1-4-9(3)10(5-2)7-6-8-11/h9-10H,4-8,11H2,1-3H3/t9?,10-/m0/s1. The van der Waals surface area contributed by atoms with Crippen molar-refractivity contribution in [2.24, 2.45) is 17.6 Å². The Balaban J connectivity index is 3.56. The molecule has 0 heterocycles. The Bertz CT molecular complexity index is 80.9. The third kappa shape index (κ3) is 4.41. The molecule has 11 heavy (non-hydrogen) atoms. The van der Waals surface area contributed by atoms with Crippen molar-refractivity contribution in [1.82, 2.24) is 0 Å². The zero-order valence-electron chi connectivity index (χ0n) is 8.27. The van der Waals surface area contributed by atoms with E-state index in [1.165, 1.54) is 25.7 Å². The molecule has 0 aromatic rings. The summed E-state index contributed by atoms with van der Waals surface area (Å²) in [5.41, 5.74) is 5.47. The molecule has 0 aliphatic rings. The molecular weight excluding hydrogens is 134 g/mol. The second-order valence-corrected chi connectivity index (χ2v) is 3.48. The summed E-state index contributed by atoms with van der Waals surface area (Å²) in [5.74, 6) is 1.79. The van der Waals surface area contributed by atoms with E-state index < -0.39 is 0 Å². The van der Waals surface area contributed by atoms with Gasteiger partial charge in [-0.2, -0.15) is 0 Å². The van der Waals surface area contributed by atoms with Crippen LogP contribution in [0.4, 0.5) is 0 Å². The molecule has 0 aromatic carbocycles. The first kappa shape index (κ1) is 11.0. The van der Waals surface area contributed by atoms with E-state index in [4.69, 9.17) is 5.73 Å². The molecule has 0 aliphatic carbocycles. The van der Waals surface area contributed by atoms with E-state index in [1.807, 2.05) is 0 Å². The Morgan fingerprint density at radius 1 is 1.18 bits per heavy atom. The summed E-state index contributed by atoms with van der Waals surface area (Å²) in [7, 11) is 0. The summed E-state index contributed by atoms with van der Waals surface area (Å²) < 4.78 is 0. The largest absolute Gasteiger partial charge is 0.330 e. The second kappa shape index (κ2) is 6.66. The van der Waals surface area contributed by atoms with Crippen molar-refractivity contribution >= 4 is 0 Å². The monoisotopic (exact) mass is 157 g/mol. The average Bonchev–Trinajstić information content (AvgIpc) is 2.05. The van der Waals surface area contributed by atoms with Crippen LogP contribution >= 0.6 is 0 Å². The highest BCUT2D eigenvalue weighted by Crippen LogP contribution is 2.22. The maximum Gasteiger partial charge on any atom is -0.00772 e. The van der Waals surface area contributed by atoms with Gasteiger partial charge in [-0.05, 0) is 31.2 Å². The quantitative estimate of drug-likeness (QED) is 0.630. The smallest absolute Gasteiger partial charge is 0.00772 e. The molecule has 0 saturated heterocycles. The van der Waals surface area contributed by atoms with Crippen LogP contribution in [0.25, 0.3) is 0 Å². The van der Waals surface area contributed by atoms with E-state index in [-0.39, 0.29) is 0 Å². The van der Waals surface area contributed by atoms with Crippen molar-refractivity contribution < 1.29 is 0 Å². The van der Waals surface area contributed by atoms with Gasteiger partial charge in [-0.3, -0.25) is 0 Å². The van der Waals surface area contributed by atoms with Crippen molar-refractivity contribution in [2.45, 2.75) is 46.5 Å². The molecule has 2 N–H and O–H groups in total. The summed E-state index contributed by atoms with van der Waals surface area (Å²) >= 11 is 0. The third-order valence-electron chi connectivity index (χ3n) is 2.75. The summed E-state index contributed by atoms with van der Waals surface area (Å²) in [4.78, 5) is 0. The SMILES string of the molecule is CCC(C)[C@@H](CC)CCCN.